The topological polar surface area (TPSA) is 31.0 Å². The Morgan fingerprint density at radius 2 is 1.19 bits per heavy atom. The summed E-state index contributed by atoms with van der Waals surface area (Å²) >= 11 is 0. The highest BCUT2D eigenvalue weighted by atomic mass is 16.3. The monoisotopic (exact) mass is 695 g/mol. The van der Waals surface area contributed by atoms with Crippen molar-refractivity contribution in [2.75, 3.05) is 0 Å². The van der Waals surface area contributed by atoms with Gasteiger partial charge in [0.2, 0.25) is 0 Å². The Morgan fingerprint density at radius 1 is 0.519 bits per heavy atom. The van der Waals surface area contributed by atoms with Gasteiger partial charge in [-0.15, -0.1) is 0 Å². The summed E-state index contributed by atoms with van der Waals surface area (Å²) in [6, 6.07) is 59.8. The van der Waals surface area contributed by atoms with Crippen molar-refractivity contribution in [3.05, 3.63) is 182 Å². The average molecular weight is 696 g/mol. The quantitative estimate of drug-likeness (QED) is 0.168. The number of aromatic nitrogens is 2. The summed E-state index contributed by atoms with van der Waals surface area (Å²) in [5.41, 5.74) is 9.99. The molecule has 3 heteroatoms. The van der Waals surface area contributed by atoms with E-state index in [2.05, 4.69) is 108 Å². The van der Waals surface area contributed by atoms with Crippen LogP contribution >= 0.6 is 0 Å². The van der Waals surface area contributed by atoms with Crippen LogP contribution in [0.2, 0.25) is 0 Å². The predicted molar refractivity (Wildman–Crippen MR) is 227 cm³/mol. The highest BCUT2D eigenvalue weighted by molar-refractivity contribution is 6.27. The van der Waals surface area contributed by atoms with Crippen molar-refractivity contribution in [3.8, 4) is 39.1 Å². The number of para-hydroxylation sites is 3. The van der Waals surface area contributed by atoms with Gasteiger partial charge in [0, 0.05) is 29.4 Å². The van der Waals surface area contributed by atoms with E-state index in [1.165, 1.54) is 0 Å². The molecule has 0 aliphatic carbocycles. The van der Waals surface area contributed by atoms with E-state index >= 15 is 0 Å². The van der Waals surface area contributed by atoms with E-state index in [1.807, 2.05) is 66.7 Å². The third-order valence-corrected chi connectivity index (χ3v) is 10.9. The Balaban J connectivity index is 1.25. The van der Waals surface area contributed by atoms with Gasteiger partial charge in [-0.25, -0.2) is 4.98 Å². The zero-order valence-corrected chi connectivity index (χ0v) is 29.0. The molecule has 0 spiro atoms. The van der Waals surface area contributed by atoms with Gasteiger partial charge in [0.15, 0.2) is 0 Å². The Kier molecular flexibility index (Phi) is 5.78. The lowest BCUT2D eigenvalue weighted by atomic mass is 9.83. The van der Waals surface area contributed by atoms with E-state index < -0.39 is 13.2 Å². The average Bonchev–Trinajstić information content (AvgIpc) is 3.85. The third kappa shape index (κ3) is 4.52. The second-order valence-corrected chi connectivity index (χ2v) is 13.8. The molecule has 11 rings (SSSR count). The molecule has 2 aromatic heterocycles. The highest BCUT2D eigenvalue weighted by Crippen LogP contribution is 2.49. The molecule has 3 nitrogen and oxygen atoms in total. The van der Waals surface area contributed by atoms with E-state index in [0.29, 0.717) is 16.7 Å². The minimum Gasteiger partial charge on any atom is -0.456 e. The zero-order valence-electron chi connectivity index (χ0n) is 34.0. The van der Waals surface area contributed by atoms with Crippen LogP contribution in [-0.2, 0) is 6.37 Å². The van der Waals surface area contributed by atoms with Crippen LogP contribution in [0.5, 0.6) is 0 Å². The predicted octanol–water partition coefficient (Wildman–Crippen LogP) is 13.9. The van der Waals surface area contributed by atoms with Crippen LogP contribution in [-0.4, -0.2) is 9.55 Å². The molecule has 0 radical (unpaired) electrons. The maximum atomic E-state index is 8.88. The number of hydrogen-bond acceptors (Lipinski definition) is 2. The fourth-order valence-electron chi connectivity index (χ4n) is 8.60. The molecule has 0 amide bonds. The highest BCUT2D eigenvalue weighted by Gasteiger charge is 2.23. The van der Waals surface area contributed by atoms with Gasteiger partial charge in [-0.3, -0.25) is 4.57 Å². The standard InChI is InChI=1S/C51H34N2O/c1-2-48-52-43-23-11-12-24-45(43)53(48)44-30-29-38(34-17-6-7-18-35(34)44)49-36-19-8-9-20-37(36)50(42-31-33(27-28-39(42)49)32-15-4-3-5-16-32)41-22-14-26-47-51(41)40-21-10-13-25-46(40)54-47/h3-31H,2H2,1H3/i1D3,2D2. The molecule has 0 fully saturated rings. The molecule has 0 atom stereocenters. The minimum absolute atomic E-state index is 0.161. The molecule has 0 saturated carbocycles. The number of benzene rings is 9. The van der Waals surface area contributed by atoms with Crippen molar-refractivity contribution in [1.82, 2.24) is 9.55 Å². The van der Waals surface area contributed by atoms with E-state index in [1.54, 1.807) is 10.6 Å². The van der Waals surface area contributed by atoms with Gasteiger partial charge in [-0.2, -0.15) is 0 Å². The molecular weight excluding hydrogens is 657 g/mol. The first-order chi connectivity index (χ1) is 28.7. The van der Waals surface area contributed by atoms with Crippen LogP contribution in [0, 0.1) is 0 Å². The second kappa shape index (κ2) is 12.0. The van der Waals surface area contributed by atoms with Crippen LogP contribution < -0.4 is 0 Å². The first kappa shape index (κ1) is 25.9. The smallest absolute Gasteiger partial charge is 0.136 e. The number of fused-ring (bicyclic) bond motifs is 7. The Hall–Kier alpha value is -6.97. The number of aryl methyl sites for hydroxylation is 1. The third-order valence-electron chi connectivity index (χ3n) is 10.9. The summed E-state index contributed by atoms with van der Waals surface area (Å²) in [6.45, 7) is -2.95. The van der Waals surface area contributed by atoms with Gasteiger partial charge in [-0.1, -0.05) is 146 Å². The Morgan fingerprint density at radius 3 is 2.02 bits per heavy atom. The van der Waals surface area contributed by atoms with Crippen molar-refractivity contribution in [2.24, 2.45) is 0 Å². The molecule has 0 bridgehead atoms. The molecule has 54 heavy (non-hydrogen) atoms. The number of nitrogens with zero attached hydrogens (tertiary/aromatic N) is 2. The molecule has 0 saturated heterocycles. The summed E-state index contributed by atoms with van der Waals surface area (Å²) in [5, 5.41) is 8.27. The summed E-state index contributed by atoms with van der Waals surface area (Å²) in [5.74, 6) is -0.161. The van der Waals surface area contributed by atoms with Gasteiger partial charge in [0.25, 0.3) is 0 Å². The lowest BCUT2D eigenvalue weighted by Gasteiger charge is -2.21. The van der Waals surface area contributed by atoms with E-state index in [0.717, 1.165) is 87.6 Å². The molecule has 2 heterocycles. The maximum Gasteiger partial charge on any atom is 0.136 e. The van der Waals surface area contributed by atoms with Crippen molar-refractivity contribution in [1.29, 1.82) is 0 Å². The minimum atomic E-state index is -2.95. The number of furan rings is 1. The normalized spacial score (nSPS) is 13.7. The van der Waals surface area contributed by atoms with Crippen molar-refractivity contribution < 1.29 is 11.3 Å². The number of imidazole rings is 1. The largest absolute Gasteiger partial charge is 0.456 e. The van der Waals surface area contributed by atoms with E-state index in [4.69, 9.17) is 11.3 Å². The van der Waals surface area contributed by atoms with E-state index in [-0.39, 0.29) is 5.82 Å². The molecular formula is C51H34N2O. The van der Waals surface area contributed by atoms with Crippen LogP contribution in [0.25, 0.3) is 104 Å². The summed E-state index contributed by atoms with van der Waals surface area (Å²) in [7, 11) is 0. The van der Waals surface area contributed by atoms with Crippen LogP contribution in [0.15, 0.2) is 180 Å². The molecule has 11 aromatic rings. The van der Waals surface area contributed by atoms with Gasteiger partial charge in [-0.05, 0) is 96.7 Å². The van der Waals surface area contributed by atoms with Crippen LogP contribution in [0.4, 0.5) is 0 Å². The first-order valence-corrected chi connectivity index (χ1v) is 18.1. The number of hydrogen-bond donors (Lipinski definition) is 0. The first-order valence-electron chi connectivity index (χ1n) is 20.6. The van der Waals surface area contributed by atoms with Crippen molar-refractivity contribution >= 4 is 65.3 Å². The zero-order chi connectivity index (χ0) is 40.0. The Bertz CT molecular complexity index is 3470. The van der Waals surface area contributed by atoms with Crippen molar-refractivity contribution in [3.63, 3.8) is 0 Å². The SMILES string of the molecule is [2H]C([2H])([2H])C([2H])([2H])c1nc2ccccc2n1-c1ccc(-c2c3ccccc3c(-c3cccc4oc5ccccc5c34)c3cc(-c4ccccc4)ccc23)c2ccccc12. The maximum absolute atomic E-state index is 8.88. The van der Waals surface area contributed by atoms with Gasteiger partial charge < -0.3 is 4.42 Å². The molecule has 0 N–H and O–H groups in total. The molecule has 0 aliphatic heterocycles. The van der Waals surface area contributed by atoms with Crippen molar-refractivity contribution in [2.45, 2.75) is 13.2 Å². The summed E-state index contributed by atoms with van der Waals surface area (Å²) in [4.78, 5) is 4.63. The van der Waals surface area contributed by atoms with Crippen LogP contribution in [0.3, 0.4) is 0 Å². The second-order valence-electron chi connectivity index (χ2n) is 13.8. The lowest BCUT2D eigenvalue weighted by molar-refractivity contribution is 0.669. The van der Waals surface area contributed by atoms with Gasteiger partial charge in [0.1, 0.15) is 17.0 Å². The van der Waals surface area contributed by atoms with Gasteiger partial charge >= 0.3 is 0 Å². The fourth-order valence-corrected chi connectivity index (χ4v) is 8.60. The molecule has 0 aliphatic rings. The lowest BCUT2D eigenvalue weighted by Crippen LogP contribution is -2.01. The molecule has 9 aromatic carbocycles. The fraction of sp³-hybridized carbons (Fsp3) is 0.0392. The van der Waals surface area contributed by atoms with Gasteiger partial charge in [0.05, 0.1) is 16.7 Å². The van der Waals surface area contributed by atoms with Crippen LogP contribution in [0.1, 0.15) is 19.5 Å². The Labute approximate surface area is 319 Å². The summed E-state index contributed by atoms with van der Waals surface area (Å²) < 4.78 is 50.4. The van der Waals surface area contributed by atoms with E-state index in [9.17, 15) is 0 Å². The summed E-state index contributed by atoms with van der Waals surface area (Å²) in [6.07, 6.45) is -2.73. The molecule has 254 valence electrons. The number of rotatable bonds is 5. The molecule has 0 unspecified atom stereocenters.